The molecule has 1 aromatic heterocycles. The molecule has 13 heteroatoms. The summed E-state index contributed by atoms with van der Waals surface area (Å²) in [7, 11) is -3.69. The maximum absolute atomic E-state index is 14.0. The summed E-state index contributed by atoms with van der Waals surface area (Å²) >= 11 is 6.10. The van der Waals surface area contributed by atoms with Gasteiger partial charge in [-0.3, -0.25) is 9.59 Å². The highest BCUT2D eigenvalue weighted by Crippen LogP contribution is 2.44. The third-order valence-corrected chi connectivity index (χ3v) is 7.07. The molecule has 0 fully saturated rings. The summed E-state index contributed by atoms with van der Waals surface area (Å²) in [5, 5.41) is 10.3. The predicted molar refractivity (Wildman–Crippen MR) is 126 cm³/mol. The lowest BCUT2D eigenvalue weighted by Gasteiger charge is -2.41. The van der Waals surface area contributed by atoms with Crippen LogP contribution >= 0.6 is 11.6 Å². The minimum absolute atomic E-state index is 0.00536. The Morgan fingerprint density at radius 1 is 1.25 bits per heavy atom. The molecule has 0 aliphatic carbocycles. The van der Waals surface area contributed by atoms with Crippen LogP contribution in [-0.2, 0) is 26.6 Å². The molecular weight excluding hydrogens is 518 g/mol. The van der Waals surface area contributed by atoms with Crippen LogP contribution in [0.25, 0.3) is 5.69 Å². The molecule has 2 N–H and O–H groups in total. The second kappa shape index (κ2) is 8.56. The monoisotopic (exact) mass is 536 g/mol. The van der Waals surface area contributed by atoms with E-state index in [-0.39, 0.29) is 29.2 Å². The van der Waals surface area contributed by atoms with Crippen LogP contribution < -0.4 is 15.4 Å². The van der Waals surface area contributed by atoms with Gasteiger partial charge in [0.1, 0.15) is 22.9 Å². The molecule has 5 rings (SSSR count). The summed E-state index contributed by atoms with van der Waals surface area (Å²) < 4.78 is 57.7. The van der Waals surface area contributed by atoms with Gasteiger partial charge in [-0.1, -0.05) is 17.7 Å². The maximum atomic E-state index is 14.0. The van der Waals surface area contributed by atoms with E-state index in [1.807, 2.05) is 0 Å². The molecule has 1 atom stereocenters. The lowest BCUT2D eigenvalue weighted by molar-refractivity contribution is -0.113. The zero-order valence-electron chi connectivity index (χ0n) is 18.8. The Hall–Kier alpha value is -3.51. The standard InChI is InChI=1S/C23H19ClF2N4O5S/c1-36(33,34)11-19(31)27-21-20-17(29-30(21)13-3-5-15(25)16(26)9-13)10-23(28-22(20)32)6-7-35-18-8-12(24)2-4-14(18)23/h2-5,8-9H,6-7,10-11H2,1H3,(H,27,31)(H,28,32)/t23-/m0/s1. The molecule has 0 radical (unpaired) electrons. The molecule has 2 amide bonds. The molecule has 2 aromatic carbocycles. The van der Waals surface area contributed by atoms with Crippen molar-refractivity contribution in [3.05, 3.63) is 69.9 Å². The molecule has 3 aromatic rings. The highest BCUT2D eigenvalue weighted by Gasteiger charge is 2.46. The molecule has 0 saturated carbocycles. The van der Waals surface area contributed by atoms with Gasteiger partial charge in [0.15, 0.2) is 21.5 Å². The van der Waals surface area contributed by atoms with Gasteiger partial charge in [0, 0.05) is 35.7 Å². The van der Waals surface area contributed by atoms with E-state index in [1.165, 1.54) is 6.07 Å². The van der Waals surface area contributed by atoms with Gasteiger partial charge >= 0.3 is 0 Å². The third kappa shape index (κ3) is 4.30. The van der Waals surface area contributed by atoms with Gasteiger partial charge in [-0.15, -0.1) is 0 Å². The van der Waals surface area contributed by atoms with Gasteiger partial charge in [0.25, 0.3) is 5.91 Å². The van der Waals surface area contributed by atoms with Crippen molar-refractivity contribution >= 4 is 39.1 Å². The Kier molecular flexibility index (Phi) is 5.75. The zero-order valence-corrected chi connectivity index (χ0v) is 20.3. The highest BCUT2D eigenvalue weighted by atomic mass is 35.5. The minimum atomic E-state index is -3.69. The first-order chi connectivity index (χ1) is 17.0. The molecule has 9 nitrogen and oxygen atoms in total. The van der Waals surface area contributed by atoms with Crippen LogP contribution in [-0.4, -0.2) is 48.6 Å². The van der Waals surface area contributed by atoms with E-state index < -0.39 is 44.6 Å². The van der Waals surface area contributed by atoms with Gasteiger partial charge in [-0.25, -0.2) is 21.9 Å². The molecule has 0 saturated heterocycles. The Morgan fingerprint density at radius 3 is 2.75 bits per heavy atom. The number of ether oxygens (including phenoxy) is 1. The number of sulfone groups is 1. The summed E-state index contributed by atoms with van der Waals surface area (Å²) in [5.41, 5.74) is 0.111. The van der Waals surface area contributed by atoms with Crippen LogP contribution in [0.2, 0.25) is 5.02 Å². The van der Waals surface area contributed by atoms with Crippen LogP contribution in [0.5, 0.6) is 5.75 Å². The number of benzene rings is 2. The first-order valence-corrected chi connectivity index (χ1v) is 13.2. The third-order valence-electron chi connectivity index (χ3n) is 6.05. The van der Waals surface area contributed by atoms with Crippen molar-refractivity contribution < 1.29 is 31.5 Å². The second-order valence-electron chi connectivity index (χ2n) is 8.75. The number of anilines is 1. The lowest BCUT2D eigenvalue weighted by Crippen LogP contribution is -2.53. The summed E-state index contributed by atoms with van der Waals surface area (Å²) in [6.45, 7) is 0.296. The Morgan fingerprint density at radius 2 is 2.03 bits per heavy atom. The van der Waals surface area contributed by atoms with E-state index in [0.717, 1.165) is 23.1 Å². The molecule has 2 aliphatic heterocycles. The number of carbonyl (C=O) groups is 2. The number of nitrogens with zero attached hydrogens (tertiary/aromatic N) is 2. The fraction of sp³-hybridized carbons (Fsp3) is 0.261. The first-order valence-electron chi connectivity index (χ1n) is 10.8. The molecule has 2 aliphatic rings. The SMILES string of the molecule is CS(=O)(=O)CC(=O)Nc1c2c(nn1-c1ccc(F)c(F)c1)C[C@]1(CCOc3cc(Cl)ccc31)NC2=O. The molecule has 3 heterocycles. The van der Waals surface area contributed by atoms with Crippen LogP contribution in [0.15, 0.2) is 36.4 Å². The van der Waals surface area contributed by atoms with Gasteiger partial charge in [-0.2, -0.15) is 5.10 Å². The van der Waals surface area contributed by atoms with E-state index in [2.05, 4.69) is 15.7 Å². The van der Waals surface area contributed by atoms with Gasteiger partial charge in [0.2, 0.25) is 5.91 Å². The number of carbonyl (C=O) groups excluding carboxylic acids is 2. The number of amides is 2. The van der Waals surface area contributed by atoms with E-state index in [0.29, 0.717) is 29.4 Å². The minimum Gasteiger partial charge on any atom is -0.493 e. The fourth-order valence-electron chi connectivity index (χ4n) is 4.56. The maximum Gasteiger partial charge on any atom is 0.257 e. The second-order valence-corrected chi connectivity index (χ2v) is 11.3. The molecule has 0 unspecified atom stereocenters. The van der Waals surface area contributed by atoms with Gasteiger partial charge < -0.3 is 15.4 Å². The number of hydrogen-bond acceptors (Lipinski definition) is 6. The van der Waals surface area contributed by atoms with E-state index in [9.17, 15) is 26.8 Å². The van der Waals surface area contributed by atoms with E-state index in [1.54, 1.807) is 18.2 Å². The van der Waals surface area contributed by atoms with Crippen molar-refractivity contribution in [2.75, 3.05) is 23.9 Å². The lowest BCUT2D eigenvalue weighted by atomic mass is 9.77. The van der Waals surface area contributed by atoms with Crippen molar-refractivity contribution in [3.8, 4) is 11.4 Å². The molecular formula is C23H19ClF2N4O5S. The van der Waals surface area contributed by atoms with Crippen molar-refractivity contribution in [2.24, 2.45) is 0 Å². The average molecular weight is 537 g/mol. The quantitative estimate of drug-likeness (QED) is 0.529. The van der Waals surface area contributed by atoms with Crippen molar-refractivity contribution in [1.82, 2.24) is 15.1 Å². The average Bonchev–Trinajstić information content (AvgIpc) is 3.12. The molecule has 188 valence electrons. The Balaban J connectivity index is 1.64. The zero-order chi connectivity index (χ0) is 25.8. The largest absolute Gasteiger partial charge is 0.493 e. The number of rotatable bonds is 4. The number of hydrogen-bond donors (Lipinski definition) is 2. The smallest absolute Gasteiger partial charge is 0.257 e. The van der Waals surface area contributed by atoms with Crippen LogP contribution in [0, 0.1) is 11.6 Å². The number of aromatic nitrogens is 2. The number of fused-ring (bicyclic) bond motifs is 3. The van der Waals surface area contributed by atoms with Crippen LogP contribution in [0.1, 0.15) is 28.0 Å². The van der Waals surface area contributed by atoms with Gasteiger partial charge in [-0.05, 0) is 24.3 Å². The number of nitrogens with one attached hydrogen (secondary N) is 2. The Bertz CT molecular complexity index is 1540. The summed E-state index contributed by atoms with van der Waals surface area (Å²) in [6, 6.07) is 8.05. The normalized spacial score (nSPS) is 18.7. The van der Waals surface area contributed by atoms with E-state index in [4.69, 9.17) is 16.3 Å². The fourth-order valence-corrected chi connectivity index (χ4v) is 5.27. The van der Waals surface area contributed by atoms with Crippen molar-refractivity contribution in [3.63, 3.8) is 0 Å². The molecule has 0 bridgehead atoms. The molecule has 1 spiro atoms. The first kappa shape index (κ1) is 24.2. The predicted octanol–water partition coefficient (Wildman–Crippen LogP) is 2.75. The van der Waals surface area contributed by atoms with Crippen LogP contribution in [0.3, 0.4) is 0 Å². The number of halogens is 3. The topological polar surface area (TPSA) is 119 Å². The van der Waals surface area contributed by atoms with Crippen LogP contribution in [0.4, 0.5) is 14.6 Å². The van der Waals surface area contributed by atoms with Crippen molar-refractivity contribution in [1.29, 1.82) is 0 Å². The summed E-state index contributed by atoms with van der Waals surface area (Å²) in [5.74, 6) is -4.23. The van der Waals surface area contributed by atoms with E-state index >= 15 is 0 Å². The summed E-state index contributed by atoms with van der Waals surface area (Å²) in [4.78, 5) is 25.9. The Labute approximate surface area is 209 Å². The highest BCUT2D eigenvalue weighted by molar-refractivity contribution is 7.91. The molecule has 36 heavy (non-hydrogen) atoms. The van der Waals surface area contributed by atoms with Crippen molar-refractivity contribution in [2.45, 2.75) is 18.4 Å². The summed E-state index contributed by atoms with van der Waals surface area (Å²) in [6.07, 6.45) is 1.50. The van der Waals surface area contributed by atoms with Gasteiger partial charge in [0.05, 0.1) is 23.5 Å².